The highest BCUT2D eigenvalue weighted by Crippen LogP contribution is 2.16. The molecule has 0 aliphatic heterocycles. The highest BCUT2D eigenvalue weighted by Gasteiger charge is 2.20. The van der Waals surface area contributed by atoms with E-state index in [0.29, 0.717) is 12.8 Å². The molecule has 0 rings (SSSR count). The van der Waals surface area contributed by atoms with Gasteiger partial charge in [-0.1, -0.05) is 187 Å². The van der Waals surface area contributed by atoms with E-state index in [0.717, 1.165) is 25.7 Å². The van der Waals surface area contributed by atoms with Crippen molar-refractivity contribution in [3.8, 4) is 0 Å². The predicted octanol–water partition coefficient (Wildman–Crippen LogP) is 10.4. The van der Waals surface area contributed by atoms with Crippen LogP contribution in [0.25, 0.3) is 0 Å². The van der Waals surface area contributed by atoms with Crippen LogP contribution in [0.4, 0.5) is 0 Å². The lowest BCUT2D eigenvalue weighted by Crippen LogP contribution is -2.47. The standard InChI is InChI=1S/C36H75NO3/c1-3-5-7-9-11-13-15-17-18-20-22-24-26-28-30-32-36(40)37-34(33-38)35(39)31-29-27-25-23-21-19-16-14-12-10-8-6-4-2/h34-40H,3-33H2,1-2H3. The molecule has 0 heterocycles. The van der Waals surface area contributed by atoms with Gasteiger partial charge in [-0.05, 0) is 19.3 Å². The first-order valence-electron chi connectivity index (χ1n) is 18.4. The molecular formula is C36H75NO3. The van der Waals surface area contributed by atoms with Gasteiger partial charge in [0.1, 0.15) is 6.23 Å². The molecule has 4 nitrogen and oxygen atoms in total. The van der Waals surface area contributed by atoms with Gasteiger partial charge >= 0.3 is 0 Å². The van der Waals surface area contributed by atoms with Crippen molar-refractivity contribution < 1.29 is 15.3 Å². The zero-order valence-corrected chi connectivity index (χ0v) is 27.5. The minimum Gasteiger partial charge on any atom is -0.395 e. The fourth-order valence-electron chi connectivity index (χ4n) is 5.90. The summed E-state index contributed by atoms with van der Waals surface area (Å²) in [5, 5.41) is 33.6. The maximum atomic E-state index is 10.5. The molecule has 0 aliphatic rings. The van der Waals surface area contributed by atoms with Gasteiger partial charge in [-0.15, -0.1) is 0 Å². The summed E-state index contributed by atoms with van der Waals surface area (Å²) >= 11 is 0. The van der Waals surface area contributed by atoms with E-state index in [2.05, 4.69) is 19.2 Å². The van der Waals surface area contributed by atoms with Crippen molar-refractivity contribution in [3.63, 3.8) is 0 Å². The first-order valence-corrected chi connectivity index (χ1v) is 18.4. The molecule has 3 unspecified atom stereocenters. The Morgan fingerprint density at radius 2 is 0.675 bits per heavy atom. The van der Waals surface area contributed by atoms with Crippen molar-refractivity contribution in [1.82, 2.24) is 5.32 Å². The van der Waals surface area contributed by atoms with E-state index in [-0.39, 0.29) is 6.61 Å². The first-order chi connectivity index (χ1) is 19.7. The van der Waals surface area contributed by atoms with Crippen LogP contribution < -0.4 is 5.32 Å². The van der Waals surface area contributed by atoms with Crippen LogP contribution in [0.5, 0.6) is 0 Å². The lowest BCUT2D eigenvalue weighted by Gasteiger charge is -2.25. The van der Waals surface area contributed by atoms with Crippen molar-refractivity contribution >= 4 is 0 Å². The maximum Gasteiger partial charge on any atom is 0.105 e. The number of hydrogen-bond donors (Lipinski definition) is 4. The molecule has 0 saturated carbocycles. The Balaban J connectivity index is 3.52. The van der Waals surface area contributed by atoms with Gasteiger partial charge in [0.15, 0.2) is 0 Å². The molecule has 0 spiro atoms. The fourth-order valence-corrected chi connectivity index (χ4v) is 5.90. The number of hydrogen-bond acceptors (Lipinski definition) is 4. The number of aliphatic hydroxyl groups excluding tert-OH is 3. The van der Waals surface area contributed by atoms with Crippen molar-refractivity contribution in [2.75, 3.05) is 6.61 Å². The van der Waals surface area contributed by atoms with Crippen molar-refractivity contribution in [2.24, 2.45) is 0 Å². The zero-order chi connectivity index (χ0) is 29.4. The molecule has 4 heteroatoms. The first kappa shape index (κ1) is 39.8. The number of rotatable bonds is 34. The molecule has 242 valence electrons. The molecule has 0 aromatic heterocycles. The third-order valence-corrected chi connectivity index (χ3v) is 8.75. The van der Waals surface area contributed by atoms with Crippen LogP contribution in [0, 0.1) is 0 Å². The summed E-state index contributed by atoms with van der Waals surface area (Å²) in [6, 6.07) is -0.427. The summed E-state index contributed by atoms with van der Waals surface area (Å²) < 4.78 is 0. The van der Waals surface area contributed by atoms with E-state index in [9.17, 15) is 15.3 Å². The SMILES string of the molecule is CCCCCCCCCCCCCCCCCC(O)NC(CO)C(O)CCCCCCCCCCCCCCC. The van der Waals surface area contributed by atoms with Gasteiger partial charge in [0.25, 0.3) is 0 Å². The Hall–Kier alpha value is -0.160. The molecule has 0 radical (unpaired) electrons. The zero-order valence-electron chi connectivity index (χ0n) is 27.5. The minimum absolute atomic E-state index is 0.129. The molecule has 40 heavy (non-hydrogen) atoms. The highest BCUT2D eigenvalue weighted by atomic mass is 16.3. The summed E-state index contributed by atoms with van der Waals surface area (Å²) in [6.45, 7) is 4.42. The molecule has 0 aliphatic carbocycles. The molecule has 0 aromatic rings. The van der Waals surface area contributed by atoms with Gasteiger partial charge in [-0.25, -0.2) is 0 Å². The topological polar surface area (TPSA) is 72.7 Å². The van der Waals surface area contributed by atoms with Gasteiger partial charge in [0.05, 0.1) is 18.8 Å². The second-order valence-corrected chi connectivity index (χ2v) is 12.8. The van der Waals surface area contributed by atoms with Crippen molar-refractivity contribution in [3.05, 3.63) is 0 Å². The lowest BCUT2D eigenvalue weighted by atomic mass is 10.0. The van der Waals surface area contributed by atoms with Gasteiger partial charge in [0.2, 0.25) is 0 Å². The van der Waals surface area contributed by atoms with E-state index in [1.165, 1.54) is 154 Å². The lowest BCUT2D eigenvalue weighted by molar-refractivity contribution is 0.0319. The van der Waals surface area contributed by atoms with Crippen LogP contribution >= 0.6 is 0 Å². The summed E-state index contributed by atoms with van der Waals surface area (Å²) in [7, 11) is 0. The third kappa shape index (κ3) is 29.3. The van der Waals surface area contributed by atoms with Crippen LogP contribution in [-0.2, 0) is 0 Å². The van der Waals surface area contributed by atoms with Crippen LogP contribution in [0.3, 0.4) is 0 Å². The van der Waals surface area contributed by atoms with Crippen LogP contribution in [0.15, 0.2) is 0 Å². The molecule has 3 atom stereocenters. The van der Waals surface area contributed by atoms with Gasteiger partial charge in [0, 0.05) is 0 Å². The van der Waals surface area contributed by atoms with E-state index < -0.39 is 18.4 Å². The van der Waals surface area contributed by atoms with Crippen molar-refractivity contribution in [2.45, 2.75) is 225 Å². The molecule has 0 saturated heterocycles. The van der Waals surface area contributed by atoms with Crippen LogP contribution in [0.2, 0.25) is 0 Å². The maximum absolute atomic E-state index is 10.5. The molecule has 0 fully saturated rings. The summed E-state index contributed by atoms with van der Waals surface area (Å²) in [4.78, 5) is 0. The molecule has 0 bridgehead atoms. The van der Waals surface area contributed by atoms with Crippen molar-refractivity contribution in [1.29, 1.82) is 0 Å². The Morgan fingerprint density at radius 3 is 0.975 bits per heavy atom. The quantitative estimate of drug-likeness (QED) is 0.0459. The molecule has 0 aromatic carbocycles. The number of unbranched alkanes of at least 4 members (excludes halogenated alkanes) is 26. The molecule has 4 N–H and O–H groups in total. The second-order valence-electron chi connectivity index (χ2n) is 12.8. The Morgan fingerprint density at radius 1 is 0.400 bits per heavy atom. The predicted molar refractivity (Wildman–Crippen MR) is 176 cm³/mol. The van der Waals surface area contributed by atoms with E-state index >= 15 is 0 Å². The summed E-state index contributed by atoms with van der Waals surface area (Å²) in [5.41, 5.74) is 0. The van der Waals surface area contributed by atoms with Gasteiger partial charge < -0.3 is 15.3 Å². The number of nitrogens with one attached hydrogen (secondary N) is 1. The second kappa shape index (κ2) is 33.3. The highest BCUT2D eigenvalue weighted by molar-refractivity contribution is 4.76. The third-order valence-electron chi connectivity index (χ3n) is 8.75. The summed E-state index contributed by atoms with van der Waals surface area (Å²) in [6.07, 6.45) is 37.4. The molecular weight excluding hydrogens is 494 g/mol. The average Bonchev–Trinajstić information content (AvgIpc) is 2.96. The van der Waals surface area contributed by atoms with E-state index in [1.54, 1.807) is 0 Å². The fraction of sp³-hybridized carbons (Fsp3) is 1.00. The minimum atomic E-state index is -0.639. The van der Waals surface area contributed by atoms with Crippen LogP contribution in [0.1, 0.15) is 206 Å². The molecule has 0 amide bonds. The van der Waals surface area contributed by atoms with Gasteiger partial charge in [-0.2, -0.15) is 0 Å². The Kier molecular flexibility index (Phi) is 33.2. The largest absolute Gasteiger partial charge is 0.395 e. The normalized spacial score (nSPS) is 14.0. The smallest absolute Gasteiger partial charge is 0.105 e. The van der Waals surface area contributed by atoms with Gasteiger partial charge in [-0.3, -0.25) is 5.32 Å². The summed E-state index contributed by atoms with van der Waals surface area (Å²) in [5.74, 6) is 0. The monoisotopic (exact) mass is 570 g/mol. The van der Waals surface area contributed by atoms with Crippen LogP contribution in [-0.4, -0.2) is 40.3 Å². The Bertz CT molecular complexity index is 461. The average molecular weight is 570 g/mol. The Labute approximate surface area is 251 Å². The van der Waals surface area contributed by atoms with E-state index in [1.807, 2.05) is 0 Å². The van der Waals surface area contributed by atoms with E-state index in [4.69, 9.17) is 0 Å². The number of aliphatic hydroxyl groups is 3.